The molecule has 0 heterocycles. The minimum atomic E-state index is -0.902. The Bertz CT molecular complexity index is 513. The van der Waals surface area contributed by atoms with E-state index < -0.39 is 24.1 Å². The van der Waals surface area contributed by atoms with Gasteiger partial charge in [-0.2, -0.15) is 0 Å². The topological polar surface area (TPSA) is 64.6 Å². The molecule has 0 aliphatic rings. The van der Waals surface area contributed by atoms with Crippen LogP contribution in [-0.2, 0) is 19.1 Å². The van der Waals surface area contributed by atoms with Crippen LogP contribution in [0.1, 0.15) is 31.9 Å². The molecule has 0 saturated heterocycles. The lowest BCUT2D eigenvalue weighted by Gasteiger charge is -2.18. The SMILES string of the molecule is CCOC(=O)C(C)OC(=O)[C@H](C)Nc1ccc(C)cc1C. The standard InChI is InChI=1S/C16H23NO4/c1-6-20-16(19)13(5)21-15(18)12(4)17-14-8-7-10(2)9-11(14)3/h7-9,12-13,17H,6H2,1-5H3/t12-,13?/m0/s1. The molecule has 1 N–H and O–H groups in total. The predicted molar refractivity (Wildman–Crippen MR) is 81.2 cm³/mol. The van der Waals surface area contributed by atoms with Gasteiger partial charge in [0.25, 0.3) is 0 Å². The lowest BCUT2D eigenvalue weighted by Crippen LogP contribution is -2.34. The number of nitrogens with one attached hydrogen (secondary N) is 1. The molecule has 5 nitrogen and oxygen atoms in total. The minimum Gasteiger partial charge on any atom is -0.463 e. The zero-order chi connectivity index (χ0) is 16.0. The quantitative estimate of drug-likeness (QED) is 0.817. The van der Waals surface area contributed by atoms with E-state index in [0.717, 1.165) is 16.8 Å². The van der Waals surface area contributed by atoms with Crippen LogP contribution in [0.4, 0.5) is 5.69 Å². The van der Waals surface area contributed by atoms with E-state index in [9.17, 15) is 9.59 Å². The van der Waals surface area contributed by atoms with Crippen LogP contribution in [0.2, 0.25) is 0 Å². The molecule has 0 bridgehead atoms. The lowest BCUT2D eigenvalue weighted by molar-refractivity contribution is -0.166. The van der Waals surface area contributed by atoms with Gasteiger partial charge >= 0.3 is 11.9 Å². The molecule has 1 rings (SSSR count). The second kappa shape index (κ2) is 7.67. The number of esters is 2. The van der Waals surface area contributed by atoms with Crippen LogP contribution in [0.3, 0.4) is 0 Å². The van der Waals surface area contributed by atoms with E-state index in [1.165, 1.54) is 6.92 Å². The Morgan fingerprint density at radius 2 is 1.86 bits per heavy atom. The van der Waals surface area contributed by atoms with Gasteiger partial charge in [-0.05, 0) is 46.2 Å². The van der Waals surface area contributed by atoms with Gasteiger partial charge in [-0.1, -0.05) is 17.7 Å². The Hall–Kier alpha value is -2.04. The first-order valence-electron chi connectivity index (χ1n) is 7.06. The van der Waals surface area contributed by atoms with Crippen LogP contribution < -0.4 is 5.32 Å². The number of ether oxygens (including phenoxy) is 2. The summed E-state index contributed by atoms with van der Waals surface area (Å²) in [6, 6.07) is 5.36. The van der Waals surface area contributed by atoms with Crippen LogP contribution in [0, 0.1) is 13.8 Å². The van der Waals surface area contributed by atoms with Crippen molar-refractivity contribution in [3.8, 4) is 0 Å². The summed E-state index contributed by atoms with van der Waals surface area (Å²) in [5.74, 6) is -1.03. The molecule has 1 unspecified atom stereocenters. The normalized spacial score (nSPS) is 13.2. The molecule has 0 fully saturated rings. The van der Waals surface area contributed by atoms with Gasteiger partial charge in [0.15, 0.2) is 6.10 Å². The minimum absolute atomic E-state index is 0.261. The van der Waals surface area contributed by atoms with E-state index >= 15 is 0 Å². The van der Waals surface area contributed by atoms with Crippen molar-refractivity contribution in [2.24, 2.45) is 0 Å². The maximum Gasteiger partial charge on any atom is 0.347 e. The van der Waals surface area contributed by atoms with Crippen molar-refractivity contribution in [1.82, 2.24) is 0 Å². The zero-order valence-corrected chi connectivity index (χ0v) is 13.2. The van der Waals surface area contributed by atoms with Crippen molar-refractivity contribution in [1.29, 1.82) is 0 Å². The van der Waals surface area contributed by atoms with E-state index in [2.05, 4.69) is 5.32 Å². The van der Waals surface area contributed by atoms with Gasteiger partial charge < -0.3 is 14.8 Å². The summed E-state index contributed by atoms with van der Waals surface area (Å²) in [5, 5.41) is 3.09. The predicted octanol–water partition coefficient (Wildman–Crippen LogP) is 2.60. The Kier molecular flexibility index (Phi) is 6.21. The lowest BCUT2D eigenvalue weighted by atomic mass is 10.1. The summed E-state index contributed by atoms with van der Waals surface area (Å²) in [6.45, 7) is 9.14. The highest BCUT2D eigenvalue weighted by atomic mass is 16.6. The number of aryl methyl sites for hydroxylation is 2. The average Bonchev–Trinajstić information content (AvgIpc) is 2.41. The van der Waals surface area contributed by atoms with Crippen LogP contribution in [0.25, 0.3) is 0 Å². The fourth-order valence-electron chi connectivity index (χ4n) is 1.85. The third-order valence-electron chi connectivity index (χ3n) is 3.02. The largest absolute Gasteiger partial charge is 0.463 e. The van der Waals surface area contributed by atoms with E-state index in [1.54, 1.807) is 13.8 Å². The van der Waals surface area contributed by atoms with Gasteiger partial charge in [0.2, 0.25) is 0 Å². The number of carbonyl (C=O) groups excluding carboxylic acids is 2. The Morgan fingerprint density at radius 1 is 1.19 bits per heavy atom. The first-order valence-corrected chi connectivity index (χ1v) is 7.06. The summed E-state index contributed by atoms with van der Waals surface area (Å²) in [5.41, 5.74) is 3.08. The molecular weight excluding hydrogens is 270 g/mol. The molecule has 116 valence electrons. The molecule has 0 aliphatic carbocycles. The molecule has 1 aromatic carbocycles. The van der Waals surface area contributed by atoms with Gasteiger partial charge in [0.05, 0.1) is 6.61 Å². The van der Waals surface area contributed by atoms with E-state index in [0.29, 0.717) is 0 Å². The molecule has 0 spiro atoms. The molecule has 0 aromatic heterocycles. The molecule has 5 heteroatoms. The second-order valence-corrected chi connectivity index (χ2v) is 5.02. The fourth-order valence-corrected chi connectivity index (χ4v) is 1.85. The summed E-state index contributed by atoms with van der Waals surface area (Å²) >= 11 is 0. The van der Waals surface area contributed by atoms with Crippen molar-refractivity contribution < 1.29 is 19.1 Å². The maximum absolute atomic E-state index is 12.0. The third kappa shape index (κ3) is 5.10. The first kappa shape index (κ1) is 17.0. The van der Waals surface area contributed by atoms with Crippen LogP contribution in [0.5, 0.6) is 0 Å². The molecule has 0 amide bonds. The molecule has 1 aromatic rings. The molecule has 21 heavy (non-hydrogen) atoms. The molecule has 0 radical (unpaired) electrons. The van der Waals surface area contributed by atoms with Crippen molar-refractivity contribution >= 4 is 17.6 Å². The maximum atomic E-state index is 12.0. The number of benzene rings is 1. The highest BCUT2D eigenvalue weighted by molar-refractivity contribution is 5.83. The number of carbonyl (C=O) groups is 2. The second-order valence-electron chi connectivity index (χ2n) is 5.02. The average molecular weight is 293 g/mol. The van der Waals surface area contributed by atoms with Crippen LogP contribution in [-0.4, -0.2) is 30.7 Å². The van der Waals surface area contributed by atoms with Crippen LogP contribution >= 0.6 is 0 Å². The van der Waals surface area contributed by atoms with Crippen molar-refractivity contribution in [2.45, 2.75) is 46.8 Å². The first-order chi connectivity index (χ1) is 9.85. The van der Waals surface area contributed by atoms with Gasteiger partial charge in [-0.15, -0.1) is 0 Å². The highest BCUT2D eigenvalue weighted by Crippen LogP contribution is 2.17. The van der Waals surface area contributed by atoms with Gasteiger partial charge in [0, 0.05) is 5.69 Å². The Labute approximate surface area is 125 Å². The van der Waals surface area contributed by atoms with Crippen molar-refractivity contribution in [3.05, 3.63) is 29.3 Å². The van der Waals surface area contributed by atoms with Crippen molar-refractivity contribution in [2.75, 3.05) is 11.9 Å². The molecule has 2 atom stereocenters. The molecule has 0 saturated carbocycles. The summed E-state index contributed by atoms with van der Waals surface area (Å²) in [7, 11) is 0. The van der Waals surface area contributed by atoms with Crippen molar-refractivity contribution in [3.63, 3.8) is 0 Å². The molecule has 0 aliphatic heterocycles. The Balaban J connectivity index is 2.60. The molecular formula is C16H23NO4. The number of rotatable bonds is 6. The number of hydrogen-bond donors (Lipinski definition) is 1. The van der Waals surface area contributed by atoms with Gasteiger partial charge in [-0.25, -0.2) is 9.59 Å². The summed E-state index contributed by atoms with van der Waals surface area (Å²) < 4.78 is 9.88. The van der Waals surface area contributed by atoms with Crippen LogP contribution in [0.15, 0.2) is 18.2 Å². The van der Waals surface area contributed by atoms with E-state index in [4.69, 9.17) is 9.47 Å². The number of hydrogen-bond acceptors (Lipinski definition) is 5. The monoisotopic (exact) mass is 293 g/mol. The third-order valence-corrected chi connectivity index (χ3v) is 3.02. The highest BCUT2D eigenvalue weighted by Gasteiger charge is 2.22. The van der Waals surface area contributed by atoms with E-state index in [-0.39, 0.29) is 6.61 Å². The number of anilines is 1. The van der Waals surface area contributed by atoms with Gasteiger partial charge in [-0.3, -0.25) is 0 Å². The fraction of sp³-hybridized carbons (Fsp3) is 0.500. The van der Waals surface area contributed by atoms with E-state index in [1.807, 2.05) is 32.0 Å². The summed E-state index contributed by atoms with van der Waals surface area (Å²) in [6.07, 6.45) is -0.902. The summed E-state index contributed by atoms with van der Waals surface area (Å²) in [4.78, 5) is 23.4. The smallest absolute Gasteiger partial charge is 0.347 e. The van der Waals surface area contributed by atoms with Gasteiger partial charge in [0.1, 0.15) is 6.04 Å². The zero-order valence-electron chi connectivity index (χ0n) is 13.2. The Morgan fingerprint density at radius 3 is 2.43 bits per heavy atom.